The molecule has 0 radical (unpaired) electrons. The van der Waals surface area contributed by atoms with Gasteiger partial charge in [0.1, 0.15) is 16.5 Å². The van der Waals surface area contributed by atoms with Crippen molar-refractivity contribution in [3.05, 3.63) is 45.0 Å². The van der Waals surface area contributed by atoms with Gasteiger partial charge >= 0.3 is 0 Å². The molecule has 2 heterocycles. The van der Waals surface area contributed by atoms with Gasteiger partial charge in [0.25, 0.3) is 0 Å². The number of carbonyl (C=O) groups excluding carboxylic acids is 1. The topological polar surface area (TPSA) is 58.1 Å². The van der Waals surface area contributed by atoms with Gasteiger partial charge in [-0.2, -0.15) is 0 Å². The predicted octanol–water partition coefficient (Wildman–Crippen LogP) is 5.08. The number of halogens is 2. The maximum atomic E-state index is 12.6. The number of nitrogens with one attached hydrogen (secondary N) is 1. The number of fused-ring (bicyclic) bond motifs is 1. The van der Waals surface area contributed by atoms with Crippen molar-refractivity contribution < 1.29 is 4.79 Å². The van der Waals surface area contributed by atoms with Crippen molar-refractivity contribution in [3.63, 3.8) is 0 Å². The molecule has 136 valence electrons. The summed E-state index contributed by atoms with van der Waals surface area (Å²) in [6, 6.07) is 5.11. The van der Waals surface area contributed by atoms with Gasteiger partial charge in [-0.25, -0.2) is 9.97 Å². The molecule has 0 bridgehead atoms. The molecular formula is C18H18Cl2N4OS. The number of aromatic nitrogens is 2. The van der Waals surface area contributed by atoms with Crippen molar-refractivity contribution in [2.45, 2.75) is 20.8 Å². The Labute approximate surface area is 166 Å². The van der Waals surface area contributed by atoms with Crippen molar-refractivity contribution in [1.82, 2.24) is 9.97 Å². The van der Waals surface area contributed by atoms with Gasteiger partial charge < -0.3 is 10.2 Å². The quantitative estimate of drug-likeness (QED) is 0.639. The van der Waals surface area contributed by atoms with Crippen LogP contribution in [-0.2, 0) is 4.79 Å². The number of benzene rings is 1. The fourth-order valence-electron chi connectivity index (χ4n) is 2.70. The van der Waals surface area contributed by atoms with Crippen molar-refractivity contribution in [3.8, 4) is 0 Å². The van der Waals surface area contributed by atoms with Gasteiger partial charge in [-0.05, 0) is 43.8 Å². The van der Waals surface area contributed by atoms with Crippen LogP contribution in [0, 0.1) is 13.8 Å². The molecule has 0 atom stereocenters. The van der Waals surface area contributed by atoms with Gasteiger partial charge in [-0.15, -0.1) is 11.3 Å². The fraction of sp³-hybridized carbons (Fsp3) is 0.278. The van der Waals surface area contributed by atoms with Crippen molar-refractivity contribution in [1.29, 1.82) is 0 Å². The van der Waals surface area contributed by atoms with E-state index in [1.54, 1.807) is 29.5 Å². The van der Waals surface area contributed by atoms with Crippen LogP contribution in [0.1, 0.15) is 18.3 Å². The van der Waals surface area contributed by atoms with E-state index in [1.165, 1.54) is 0 Å². The van der Waals surface area contributed by atoms with Crippen molar-refractivity contribution in [2.75, 3.05) is 23.3 Å². The van der Waals surface area contributed by atoms with Gasteiger partial charge in [-0.3, -0.25) is 4.79 Å². The number of rotatable bonds is 5. The molecule has 3 rings (SSSR count). The standard InChI is InChI=1S/C18H18Cl2N4OS/c1-4-24(8-14(25)23-16-12(19)6-5-7-13(16)20)17-15-10(2)9-26-18(15)22-11(3)21-17/h5-7,9H,4,8H2,1-3H3,(H,23,25). The number of amides is 1. The Balaban J connectivity index is 1.88. The zero-order chi connectivity index (χ0) is 18.8. The molecule has 0 aliphatic carbocycles. The number of para-hydroxylation sites is 1. The maximum absolute atomic E-state index is 12.6. The third-order valence-corrected chi connectivity index (χ3v) is 5.57. The van der Waals surface area contributed by atoms with Crippen molar-refractivity contribution >= 4 is 62.2 Å². The first-order valence-corrected chi connectivity index (χ1v) is 9.75. The second-order valence-corrected chi connectivity index (χ2v) is 7.52. The number of nitrogens with zero attached hydrogens (tertiary/aromatic N) is 3. The van der Waals surface area contributed by atoms with E-state index in [-0.39, 0.29) is 12.5 Å². The van der Waals surface area contributed by atoms with Crippen LogP contribution in [0.25, 0.3) is 10.2 Å². The first-order chi connectivity index (χ1) is 12.4. The van der Waals surface area contributed by atoms with E-state index in [1.807, 2.05) is 25.7 Å². The lowest BCUT2D eigenvalue weighted by Crippen LogP contribution is -2.34. The Hall–Kier alpha value is -1.89. The third-order valence-electron chi connectivity index (χ3n) is 3.95. The fourth-order valence-corrected chi connectivity index (χ4v) is 4.15. The van der Waals surface area contributed by atoms with Crippen molar-refractivity contribution in [2.24, 2.45) is 0 Å². The summed E-state index contributed by atoms with van der Waals surface area (Å²) >= 11 is 13.9. The SMILES string of the molecule is CCN(CC(=O)Nc1c(Cl)cccc1Cl)c1nc(C)nc2scc(C)c12. The summed E-state index contributed by atoms with van der Waals surface area (Å²) in [6.45, 7) is 6.64. The van der Waals surface area contributed by atoms with Gasteiger partial charge in [-0.1, -0.05) is 29.3 Å². The number of hydrogen-bond acceptors (Lipinski definition) is 5. The van der Waals surface area contributed by atoms with Crippen LogP contribution >= 0.6 is 34.5 Å². The van der Waals surface area contributed by atoms with Crippen LogP contribution in [0.2, 0.25) is 10.0 Å². The van der Waals surface area contributed by atoms with E-state index in [0.29, 0.717) is 28.1 Å². The number of aryl methyl sites for hydroxylation is 2. The number of carbonyl (C=O) groups is 1. The highest BCUT2D eigenvalue weighted by Crippen LogP contribution is 2.32. The average molecular weight is 409 g/mol. The highest BCUT2D eigenvalue weighted by Gasteiger charge is 2.19. The van der Waals surface area contributed by atoms with E-state index in [4.69, 9.17) is 23.2 Å². The Kier molecular flexibility index (Phi) is 5.65. The summed E-state index contributed by atoms with van der Waals surface area (Å²) in [7, 11) is 0. The minimum Gasteiger partial charge on any atom is -0.347 e. The molecule has 0 saturated heterocycles. The van der Waals surface area contributed by atoms with Crippen LogP contribution in [0.15, 0.2) is 23.6 Å². The average Bonchev–Trinajstić information content (AvgIpc) is 2.96. The number of likely N-dealkylation sites (N-methyl/N-ethyl adjacent to an activating group) is 1. The molecular weight excluding hydrogens is 391 g/mol. The Morgan fingerprint density at radius 2 is 1.92 bits per heavy atom. The summed E-state index contributed by atoms with van der Waals surface area (Å²) in [5.74, 6) is 1.25. The normalized spacial score (nSPS) is 11.0. The Morgan fingerprint density at radius 3 is 2.58 bits per heavy atom. The molecule has 26 heavy (non-hydrogen) atoms. The molecule has 0 spiro atoms. The Morgan fingerprint density at radius 1 is 1.23 bits per heavy atom. The first-order valence-electron chi connectivity index (χ1n) is 8.12. The van der Waals surface area contributed by atoms with Gasteiger partial charge in [0.05, 0.1) is 27.7 Å². The summed E-state index contributed by atoms with van der Waals surface area (Å²) in [5.41, 5.74) is 1.53. The zero-order valence-corrected chi connectivity index (χ0v) is 17.0. The summed E-state index contributed by atoms with van der Waals surface area (Å²) in [4.78, 5) is 24.5. The molecule has 5 nitrogen and oxygen atoms in total. The van der Waals surface area contributed by atoms with E-state index in [2.05, 4.69) is 20.7 Å². The van der Waals surface area contributed by atoms with Gasteiger partial charge in [0, 0.05) is 6.54 Å². The second kappa shape index (κ2) is 7.78. The van der Waals surface area contributed by atoms with E-state index in [0.717, 1.165) is 21.6 Å². The molecule has 2 aromatic heterocycles. The van der Waals surface area contributed by atoms with Gasteiger partial charge in [0.15, 0.2) is 0 Å². The second-order valence-electron chi connectivity index (χ2n) is 5.85. The molecule has 3 aromatic rings. The molecule has 0 unspecified atom stereocenters. The molecule has 8 heteroatoms. The lowest BCUT2D eigenvalue weighted by molar-refractivity contribution is -0.115. The molecule has 0 aliphatic rings. The van der Waals surface area contributed by atoms with Crippen LogP contribution < -0.4 is 10.2 Å². The third kappa shape index (κ3) is 3.77. The molecule has 1 N–H and O–H groups in total. The number of hydrogen-bond donors (Lipinski definition) is 1. The monoisotopic (exact) mass is 408 g/mol. The summed E-state index contributed by atoms with van der Waals surface area (Å²) in [5, 5.41) is 6.66. The minimum atomic E-state index is -0.209. The largest absolute Gasteiger partial charge is 0.347 e. The zero-order valence-electron chi connectivity index (χ0n) is 14.6. The lowest BCUT2D eigenvalue weighted by Gasteiger charge is -2.23. The summed E-state index contributed by atoms with van der Waals surface area (Å²) in [6.07, 6.45) is 0. The lowest BCUT2D eigenvalue weighted by atomic mass is 10.2. The number of anilines is 2. The molecule has 0 fully saturated rings. The van der Waals surface area contributed by atoms with Crippen LogP contribution in [-0.4, -0.2) is 29.0 Å². The Bertz CT molecular complexity index is 953. The minimum absolute atomic E-state index is 0.138. The summed E-state index contributed by atoms with van der Waals surface area (Å²) < 4.78 is 0. The predicted molar refractivity (Wildman–Crippen MR) is 110 cm³/mol. The van der Waals surface area contributed by atoms with E-state index in [9.17, 15) is 4.79 Å². The molecule has 1 amide bonds. The van der Waals surface area contributed by atoms with Crippen LogP contribution in [0.5, 0.6) is 0 Å². The van der Waals surface area contributed by atoms with Gasteiger partial charge in [0.2, 0.25) is 5.91 Å². The highest BCUT2D eigenvalue weighted by molar-refractivity contribution is 7.17. The molecule has 0 saturated carbocycles. The molecule has 0 aliphatic heterocycles. The van der Waals surface area contributed by atoms with Crippen LogP contribution in [0.4, 0.5) is 11.5 Å². The highest BCUT2D eigenvalue weighted by atomic mass is 35.5. The van der Waals surface area contributed by atoms with E-state index < -0.39 is 0 Å². The first kappa shape index (κ1) is 18.9. The number of thiophene rings is 1. The maximum Gasteiger partial charge on any atom is 0.244 e. The van der Waals surface area contributed by atoms with E-state index >= 15 is 0 Å². The molecule has 1 aromatic carbocycles. The van der Waals surface area contributed by atoms with Crippen LogP contribution in [0.3, 0.4) is 0 Å². The smallest absolute Gasteiger partial charge is 0.244 e.